The zero-order valence-corrected chi connectivity index (χ0v) is 14.5. The van der Waals surface area contributed by atoms with Crippen LogP contribution >= 0.6 is 0 Å². The third-order valence-electron chi connectivity index (χ3n) is 3.58. The van der Waals surface area contributed by atoms with Crippen LogP contribution in [0.1, 0.15) is 19.4 Å². The third kappa shape index (κ3) is 4.50. The zero-order valence-electron chi connectivity index (χ0n) is 14.5. The molecule has 0 saturated carbocycles. The van der Waals surface area contributed by atoms with Crippen LogP contribution in [-0.4, -0.2) is 21.0 Å². The predicted molar refractivity (Wildman–Crippen MR) is 97.7 cm³/mol. The summed E-state index contributed by atoms with van der Waals surface area (Å²) < 4.78 is 26.4. The number of nitrogens with one attached hydrogen (secondary N) is 2. The Morgan fingerprint density at radius 3 is 2.42 bits per heavy atom. The van der Waals surface area contributed by atoms with Gasteiger partial charge in [0.2, 0.25) is 5.95 Å². The summed E-state index contributed by atoms with van der Waals surface area (Å²) in [5.41, 5.74) is 2.26. The SMILES string of the molecule is CC(C)Nc1nc(NCc2ccc(F)c(F)c2)cc(-c2ccncc2)n1. The minimum absolute atomic E-state index is 0.168. The van der Waals surface area contributed by atoms with Gasteiger partial charge in [0.05, 0.1) is 5.69 Å². The summed E-state index contributed by atoms with van der Waals surface area (Å²) in [5.74, 6) is -0.660. The van der Waals surface area contributed by atoms with Crippen molar-refractivity contribution in [3.05, 3.63) is 66.0 Å². The monoisotopic (exact) mass is 355 g/mol. The lowest BCUT2D eigenvalue weighted by Crippen LogP contribution is -2.14. The molecule has 5 nitrogen and oxygen atoms in total. The minimum Gasteiger partial charge on any atom is -0.366 e. The van der Waals surface area contributed by atoms with Gasteiger partial charge in [0.25, 0.3) is 0 Å². The van der Waals surface area contributed by atoms with Crippen LogP contribution in [0.5, 0.6) is 0 Å². The lowest BCUT2D eigenvalue weighted by atomic mass is 10.2. The number of aromatic nitrogens is 3. The molecule has 0 unspecified atom stereocenters. The van der Waals surface area contributed by atoms with Gasteiger partial charge in [-0.25, -0.2) is 13.8 Å². The molecular formula is C19H19F2N5. The molecule has 2 heterocycles. The van der Waals surface area contributed by atoms with Gasteiger partial charge in [0, 0.05) is 36.6 Å². The van der Waals surface area contributed by atoms with Crippen molar-refractivity contribution < 1.29 is 8.78 Å². The van der Waals surface area contributed by atoms with Crippen molar-refractivity contribution in [1.82, 2.24) is 15.0 Å². The Morgan fingerprint density at radius 1 is 0.962 bits per heavy atom. The number of rotatable bonds is 6. The molecule has 0 bridgehead atoms. The fourth-order valence-electron chi connectivity index (χ4n) is 2.37. The Kier molecular flexibility index (Phi) is 5.36. The van der Waals surface area contributed by atoms with Crippen LogP contribution in [0.2, 0.25) is 0 Å². The Labute approximate surface area is 150 Å². The molecule has 134 valence electrons. The van der Waals surface area contributed by atoms with E-state index in [1.54, 1.807) is 18.5 Å². The van der Waals surface area contributed by atoms with Crippen LogP contribution in [0.15, 0.2) is 48.8 Å². The number of anilines is 2. The van der Waals surface area contributed by atoms with E-state index >= 15 is 0 Å². The van der Waals surface area contributed by atoms with E-state index in [1.165, 1.54) is 12.1 Å². The highest BCUT2D eigenvalue weighted by atomic mass is 19.2. The Bertz CT molecular complexity index is 884. The summed E-state index contributed by atoms with van der Waals surface area (Å²) in [4.78, 5) is 13.0. The number of pyridine rings is 1. The molecule has 0 aliphatic heterocycles. The van der Waals surface area contributed by atoms with Crippen molar-refractivity contribution in [3.63, 3.8) is 0 Å². The second kappa shape index (κ2) is 7.86. The first-order chi connectivity index (χ1) is 12.5. The average molecular weight is 355 g/mol. The molecule has 0 amide bonds. The van der Waals surface area contributed by atoms with Gasteiger partial charge in [-0.3, -0.25) is 4.98 Å². The molecule has 2 N–H and O–H groups in total. The van der Waals surface area contributed by atoms with Gasteiger partial charge in [-0.15, -0.1) is 0 Å². The highest BCUT2D eigenvalue weighted by Gasteiger charge is 2.09. The van der Waals surface area contributed by atoms with Gasteiger partial charge < -0.3 is 10.6 Å². The maximum atomic E-state index is 13.4. The smallest absolute Gasteiger partial charge is 0.225 e. The molecule has 2 aromatic heterocycles. The topological polar surface area (TPSA) is 62.7 Å². The minimum atomic E-state index is -0.869. The van der Waals surface area contributed by atoms with Crippen LogP contribution in [0.3, 0.4) is 0 Å². The van der Waals surface area contributed by atoms with E-state index in [1.807, 2.05) is 26.0 Å². The lowest BCUT2D eigenvalue weighted by molar-refractivity contribution is 0.507. The van der Waals surface area contributed by atoms with Crippen molar-refractivity contribution >= 4 is 11.8 Å². The van der Waals surface area contributed by atoms with Crippen molar-refractivity contribution in [1.29, 1.82) is 0 Å². The highest BCUT2D eigenvalue weighted by Crippen LogP contribution is 2.21. The summed E-state index contributed by atoms with van der Waals surface area (Å²) in [6.07, 6.45) is 3.39. The fourth-order valence-corrected chi connectivity index (χ4v) is 2.37. The van der Waals surface area contributed by atoms with Crippen LogP contribution in [0, 0.1) is 11.6 Å². The number of nitrogens with zero attached hydrogens (tertiary/aromatic N) is 3. The predicted octanol–water partition coefficient (Wildman–Crippen LogP) is 4.25. The summed E-state index contributed by atoms with van der Waals surface area (Å²) in [6.45, 7) is 4.30. The number of hydrogen-bond donors (Lipinski definition) is 2. The Balaban J connectivity index is 1.86. The quantitative estimate of drug-likeness (QED) is 0.692. The summed E-state index contributed by atoms with van der Waals surface area (Å²) in [5, 5.41) is 6.32. The molecule has 0 aliphatic rings. The van der Waals surface area contributed by atoms with Gasteiger partial charge in [0.1, 0.15) is 5.82 Å². The third-order valence-corrected chi connectivity index (χ3v) is 3.58. The molecule has 0 spiro atoms. The molecule has 7 heteroatoms. The molecular weight excluding hydrogens is 336 g/mol. The first-order valence-electron chi connectivity index (χ1n) is 8.25. The van der Waals surface area contributed by atoms with Crippen molar-refractivity contribution in [3.8, 4) is 11.3 Å². The second-order valence-corrected chi connectivity index (χ2v) is 6.10. The maximum absolute atomic E-state index is 13.4. The van der Waals surface area contributed by atoms with Crippen molar-refractivity contribution in [2.24, 2.45) is 0 Å². The Morgan fingerprint density at radius 2 is 1.73 bits per heavy atom. The second-order valence-electron chi connectivity index (χ2n) is 6.10. The molecule has 3 rings (SSSR count). The molecule has 3 aromatic rings. The van der Waals surface area contributed by atoms with Gasteiger partial charge in [-0.2, -0.15) is 4.98 Å². The fraction of sp³-hybridized carbons (Fsp3) is 0.211. The maximum Gasteiger partial charge on any atom is 0.225 e. The normalized spacial score (nSPS) is 10.8. The highest BCUT2D eigenvalue weighted by molar-refractivity contribution is 5.64. The van der Waals surface area contributed by atoms with Gasteiger partial charge in [-0.1, -0.05) is 6.07 Å². The zero-order chi connectivity index (χ0) is 18.5. The molecule has 26 heavy (non-hydrogen) atoms. The summed E-state index contributed by atoms with van der Waals surface area (Å²) >= 11 is 0. The van der Waals surface area contributed by atoms with Crippen LogP contribution < -0.4 is 10.6 Å². The van der Waals surface area contributed by atoms with Crippen molar-refractivity contribution in [2.45, 2.75) is 26.4 Å². The van der Waals surface area contributed by atoms with E-state index in [9.17, 15) is 8.78 Å². The summed E-state index contributed by atoms with van der Waals surface area (Å²) in [7, 11) is 0. The molecule has 0 aliphatic carbocycles. The Hall–Kier alpha value is -3.09. The summed E-state index contributed by atoms with van der Waals surface area (Å²) in [6, 6.07) is 9.51. The number of hydrogen-bond acceptors (Lipinski definition) is 5. The number of benzene rings is 1. The van der Waals surface area contributed by atoms with E-state index in [2.05, 4.69) is 25.6 Å². The van der Waals surface area contributed by atoms with Gasteiger partial charge >= 0.3 is 0 Å². The van der Waals surface area contributed by atoms with Gasteiger partial charge in [0.15, 0.2) is 11.6 Å². The number of halogens is 2. The van der Waals surface area contributed by atoms with E-state index in [-0.39, 0.29) is 6.04 Å². The first-order valence-corrected chi connectivity index (χ1v) is 8.25. The molecule has 0 radical (unpaired) electrons. The van der Waals surface area contributed by atoms with Crippen LogP contribution in [-0.2, 0) is 6.54 Å². The van der Waals surface area contributed by atoms with E-state index in [0.29, 0.717) is 23.9 Å². The molecule has 0 fully saturated rings. The molecule has 0 saturated heterocycles. The van der Waals surface area contributed by atoms with Crippen molar-refractivity contribution in [2.75, 3.05) is 10.6 Å². The van der Waals surface area contributed by atoms with E-state index in [4.69, 9.17) is 0 Å². The molecule has 0 atom stereocenters. The first kappa shape index (κ1) is 17.7. The van der Waals surface area contributed by atoms with E-state index in [0.717, 1.165) is 17.3 Å². The standard InChI is InChI=1S/C19H19F2N5/c1-12(2)24-19-25-17(14-5-7-22-8-6-14)10-18(26-19)23-11-13-3-4-15(20)16(21)9-13/h3-10,12H,11H2,1-2H3,(H2,23,24,25,26). The molecule has 1 aromatic carbocycles. The van der Waals surface area contributed by atoms with Gasteiger partial charge in [-0.05, 0) is 43.7 Å². The largest absolute Gasteiger partial charge is 0.366 e. The van der Waals surface area contributed by atoms with Crippen LogP contribution in [0.25, 0.3) is 11.3 Å². The average Bonchev–Trinajstić information content (AvgIpc) is 2.63. The van der Waals surface area contributed by atoms with E-state index < -0.39 is 11.6 Å². The van der Waals surface area contributed by atoms with Crippen LogP contribution in [0.4, 0.5) is 20.5 Å². The lowest BCUT2D eigenvalue weighted by Gasteiger charge is -2.13.